The van der Waals surface area contributed by atoms with E-state index in [-0.39, 0.29) is 4.90 Å². The van der Waals surface area contributed by atoms with Gasteiger partial charge in [-0.15, -0.1) is 0 Å². The van der Waals surface area contributed by atoms with Crippen LogP contribution in [0.25, 0.3) is 11.3 Å². The summed E-state index contributed by atoms with van der Waals surface area (Å²) in [7, 11) is -3.40. The van der Waals surface area contributed by atoms with Gasteiger partial charge >= 0.3 is 0 Å². The van der Waals surface area contributed by atoms with E-state index in [0.717, 1.165) is 16.8 Å². The molecule has 0 fully saturated rings. The van der Waals surface area contributed by atoms with Crippen molar-refractivity contribution in [1.29, 1.82) is 0 Å². The SMILES string of the molecule is CCNS(=O)(=O)c1ccc(-c2ccccn2)c(C)c1. The van der Waals surface area contributed by atoms with Crippen LogP contribution in [0.4, 0.5) is 0 Å². The van der Waals surface area contributed by atoms with Crippen LogP contribution in [0.3, 0.4) is 0 Å². The average Bonchev–Trinajstić information content (AvgIpc) is 2.39. The highest BCUT2D eigenvalue weighted by Gasteiger charge is 2.14. The maximum Gasteiger partial charge on any atom is 0.240 e. The molecule has 0 aliphatic carbocycles. The average molecular weight is 276 g/mol. The molecular weight excluding hydrogens is 260 g/mol. The first-order valence-electron chi connectivity index (χ1n) is 6.06. The van der Waals surface area contributed by atoms with Gasteiger partial charge in [0, 0.05) is 18.3 Å². The Balaban J connectivity index is 2.44. The lowest BCUT2D eigenvalue weighted by Gasteiger charge is -2.09. The molecule has 19 heavy (non-hydrogen) atoms. The Morgan fingerprint density at radius 3 is 2.58 bits per heavy atom. The standard InChI is InChI=1S/C14H16N2O2S/c1-3-16-19(17,18)12-7-8-13(11(2)10-12)14-6-4-5-9-15-14/h4-10,16H,3H2,1-2H3. The summed E-state index contributed by atoms with van der Waals surface area (Å²) in [5.41, 5.74) is 2.67. The lowest BCUT2D eigenvalue weighted by atomic mass is 10.1. The van der Waals surface area contributed by atoms with Crippen LogP contribution in [0.15, 0.2) is 47.5 Å². The summed E-state index contributed by atoms with van der Waals surface area (Å²) in [5.74, 6) is 0. The van der Waals surface area contributed by atoms with Gasteiger partial charge in [-0.2, -0.15) is 0 Å². The summed E-state index contributed by atoms with van der Waals surface area (Å²) in [6.45, 7) is 4.02. The van der Waals surface area contributed by atoms with Crippen LogP contribution in [0.1, 0.15) is 12.5 Å². The number of hydrogen-bond donors (Lipinski definition) is 1. The third-order valence-corrected chi connectivity index (χ3v) is 4.33. The van der Waals surface area contributed by atoms with E-state index in [9.17, 15) is 8.42 Å². The van der Waals surface area contributed by atoms with Crippen molar-refractivity contribution < 1.29 is 8.42 Å². The molecule has 0 aliphatic rings. The first-order chi connectivity index (χ1) is 9.04. The molecule has 0 aliphatic heterocycles. The third-order valence-electron chi connectivity index (χ3n) is 2.78. The Hall–Kier alpha value is -1.72. The number of nitrogens with zero attached hydrogens (tertiary/aromatic N) is 1. The highest BCUT2D eigenvalue weighted by Crippen LogP contribution is 2.23. The van der Waals surface area contributed by atoms with E-state index in [1.54, 1.807) is 31.3 Å². The largest absolute Gasteiger partial charge is 0.256 e. The number of aromatic nitrogens is 1. The van der Waals surface area contributed by atoms with Crippen LogP contribution in [-0.4, -0.2) is 19.9 Å². The molecule has 0 bridgehead atoms. The summed E-state index contributed by atoms with van der Waals surface area (Å²) >= 11 is 0. The number of benzene rings is 1. The monoisotopic (exact) mass is 276 g/mol. The van der Waals surface area contributed by atoms with Crippen LogP contribution in [-0.2, 0) is 10.0 Å². The fraction of sp³-hybridized carbons (Fsp3) is 0.214. The van der Waals surface area contributed by atoms with E-state index in [1.807, 2.05) is 25.1 Å². The second-order valence-electron chi connectivity index (χ2n) is 4.19. The second-order valence-corrected chi connectivity index (χ2v) is 5.96. The molecular formula is C14H16N2O2S. The molecule has 100 valence electrons. The van der Waals surface area contributed by atoms with Crippen molar-refractivity contribution in [2.24, 2.45) is 0 Å². The highest BCUT2D eigenvalue weighted by molar-refractivity contribution is 7.89. The molecule has 2 aromatic rings. The molecule has 1 aromatic carbocycles. The smallest absolute Gasteiger partial charge is 0.240 e. The van der Waals surface area contributed by atoms with Crippen molar-refractivity contribution in [3.63, 3.8) is 0 Å². The zero-order valence-electron chi connectivity index (χ0n) is 10.9. The van der Waals surface area contributed by atoms with Crippen molar-refractivity contribution in [2.75, 3.05) is 6.54 Å². The minimum atomic E-state index is -3.40. The number of nitrogens with one attached hydrogen (secondary N) is 1. The zero-order chi connectivity index (χ0) is 13.9. The van der Waals surface area contributed by atoms with Gasteiger partial charge in [-0.3, -0.25) is 4.98 Å². The molecule has 5 heteroatoms. The quantitative estimate of drug-likeness (QED) is 0.932. The Labute approximate surface area is 113 Å². The molecule has 0 amide bonds. The van der Waals surface area contributed by atoms with Gasteiger partial charge < -0.3 is 0 Å². The summed E-state index contributed by atoms with van der Waals surface area (Å²) in [4.78, 5) is 4.56. The lowest BCUT2D eigenvalue weighted by Crippen LogP contribution is -2.23. The minimum Gasteiger partial charge on any atom is -0.256 e. The van der Waals surface area contributed by atoms with E-state index in [2.05, 4.69) is 9.71 Å². The van der Waals surface area contributed by atoms with Gasteiger partial charge in [0.25, 0.3) is 0 Å². The predicted octanol–water partition coefficient (Wildman–Crippen LogP) is 2.36. The minimum absolute atomic E-state index is 0.284. The Kier molecular flexibility index (Phi) is 3.97. The molecule has 1 heterocycles. The number of sulfonamides is 1. The topological polar surface area (TPSA) is 59.1 Å². The van der Waals surface area contributed by atoms with E-state index in [0.29, 0.717) is 6.54 Å². The van der Waals surface area contributed by atoms with Crippen molar-refractivity contribution in [3.05, 3.63) is 48.2 Å². The molecule has 0 atom stereocenters. The molecule has 4 nitrogen and oxygen atoms in total. The van der Waals surface area contributed by atoms with Crippen LogP contribution < -0.4 is 4.72 Å². The lowest BCUT2D eigenvalue weighted by molar-refractivity contribution is 0.584. The Morgan fingerprint density at radius 1 is 1.21 bits per heavy atom. The molecule has 0 saturated carbocycles. The molecule has 0 spiro atoms. The Morgan fingerprint density at radius 2 is 2.00 bits per heavy atom. The second kappa shape index (κ2) is 5.50. The predicted molar refractivity (Wildman–Crippen MR) is 75.3 cm³/mol. The first-order valence-corrected chi connectivity index (χ1v) is 7.54. The van der Waals surface area contributed by atoms with Gasteiger partial charge in [0.15, 0.2) is 0 Å². The molecule has 0 radical (unpaired) electrons. The van der Waals surface area contributed by atoms with Crippen LogP contribution >= 0.6 is 0 Å². The van der Waals surface area contributed by atoms with Gasteiger partial charge in [-0.1, -0.05) is 19.1 Å². The molecule has 2 rings (SSSR count). The van der Waals surface area contributed by atoms with Crippen molar-refractivity contribution in [2.45, 2.75) is 18.7 Å². The van der Waals surface area contributed by atoms with Crippen LogP contribution in [0.5, 0.6) is 0 Å². The van der Waals surface area contributed by atoms with E-state index >= 15 is 0 Å². The zero-order valence-corrected chi connectivity index (χ0v) is 11.7. The van der Waals surface area contributed by atoms with Gasteiger partial charge in [0.1, 0.15) is 0 Å². The summed E-state index contributed by atoms with van der Waals surface area (Å²) < 4.78 is 26.3. The number of aryl methyl sites for hydroxylation is 1. The van der Waals surface area contributed by atoms with Crippen molar-refractivity contribution >= 4 is 10.0 Å². The number of rotatable bonds is 4. The number of hydrogen-bond acceptors (Lipinski definition) is 3. The van der Waals surface area contributed by atoms with E-state index in [1.165, 1.54) is 0 Å². The summed E-state index contributed by atoms with van der Waals surface area (Å²) in [6, 6.07) is 10.7. The van der Waals surface area contributed by atoms with Crippen molar-refractivity contribution in [1.82, 2.24) is 9.71 Å². The highest BCUT2D eigenvalue weighted by atomic mass is 32.2. The van der Waals surface area contributed by atoms with Gasteiger partial charge in [-0.25, -0.2) is 13.1 Å². The van der Waals surface area contributed by atoms with Gasteiger partial charge in [0.05, 0.1) is 10.6 Å². The van der Waals surface area contributed by atoms with Crippen molar-refractivity contribution in [3.8, 4) is 11.3 Å². The fourth-order valence-electron chi connectivity index (χ4n) is 1.89. The molecule has 0 unspecified atom stereocenters. The third kappa shape index (κ3) is 3.00. The molecule has 1 aromatic heterocycles. The fourth-order valence-corrected chi connectivity index (χ4v) is 3.01. The van der Waals surface area contributed by atoms with Crippen LogP contribution in [0.2, 0.25) is 0 Å². The molecule has 1 N–H and O–H groups in total. The van der Waals surface area contributed by atoms with E-state index < -0.39 is 10.0 Å². The number of pyridine rings is 1. The Bertz CT molecular complexity index is 667. The maximum atomic E-state index is 11.9. The summed E-state index contributed by atoms with van der Waals surface area (Å²) in [6.07, 6.45) is 1.72. The normalized spacial score (nSPS) is 11.5. The maximum absolute atomic E-state index is 11.9. The van der Waals surface area contributed by atoms with Crippen LogP contribution in [0, 0.1) is 6.92 Å². The van der Waals surface area contributed by atoms with Gasteiger partial charge in [-0.05, 0) is 36.8 Å². The van der Waals surface area contributed by atoms with E-state index in [4.69, 9.17) is 0 Å². The molecule has 0 saturated heterocycles. The first kappa shape index (κ1) is 13.7. The van der Waals surface area contributed by atoms with Gasteiger partial charge in [0.2, 0.25) is 10.0 Å². The summed E-state index contributed by atoms with van der Waals surface area (Å²) in [5, 5.41) is 0.